The Labute approximate surface area is 117 Å². The van der Waals surface area contributed by atoms with Crippen molar-refractivity contribution in [2.75, 3.05) is 6.54 Å². The second-order valence-electron chi connectivity index (χ2n) is 4.47. The van der Waals surface area contributed by atoms with Crippen LogP contribution >= 0.6 is 11.3 Å². The van der Waals surface area contributed by atoms with Gasteiger partial charge in [-0.3, -0.25) is 4.79 Å². The van der Waals surface area contributed by atoms with Crippen molar-refractivity contribution in [3.8, 4) is 10.6 Å². The first-order chi connectivity index (χ1) is 9.25. The summed E-state index contributed by atoms with van der Waals surface area (Å²) < 4.78 is 0. The smallest absolute Gasteiger partial charge is 0.216 e. The quantitative estimate of drug-likeness (QED) is 0.821. The number of amides is 1. The molecule has 1 heterocycles. The van der Waals surface area contributed by atoms with E-state index in [2.05, 4.69) is 34.6 Å². The van der Waals surface area contributed by atoms with E-state index < -0.39 is 0 Å². The maximum atomic E-state index is 10.7. The van der Waals surface area contributed by atoms with Gasteiger partial charge in [-0.25, -0.2) is 4.98 Å². The van der Waals surface area contributed by atoms with Crippen LogP contribution in [0, 0.1) is 0 Å². The Bertz CT molecular complexity index is 505. The van der Waals surface area contributed by atoms with Gasteiger partial charge in [0.1, 0.15) is 5.01 Å². The number of hydrogen-bond donors (Lipinski definition) is 1. The predicted octanol–water partition coefficient (Wildman–Crippen LogP) is 3.27. The summed E-state index contributed by atoms with van der Waals surface area (Å²) in [5.41, 5.74) is 2.51. The van der Waals surface area contributed by atoms with E-state index in [9.17, 15) is 4.79 Å². The van der Waals surface area contributed by atoms with Crippen molar-refractivity contribution in [2.45, 2.75) is 26.2 Å². The van der Waals surface area contributed by atoms with Crippen LogP contribution in [-0.4, -0.2) is 17.4 Å². The molecule has 3 nitrogen and oxygen atoms in total. The normalized spacial score (nSPS) is 10.4. The highest BCUT2D eigenvalue weighted by Gasteiger charge is 2.00. The molecule has 0 fully saturated rings. The van der Waals surface area contributed by atoms with Crippen molar-refractivity contribution < 1.29 is 4.79 Å². The maximum absolute atomic E-state index is 10.7. The largest absolute Gasteiger partial charge is 0.356 e. The van der Waals surface area contributed by atoms with Crippen LogP contribution in [0.5, 0.6) is 0 Å². The highest BCUT2D eigenvalue weighted by atomic mass is 32.1. The Kier molecular flexibility index (Phi) is 5.10. The number of aryl methyl sites for hydroxylation is 1. The van der Waals surface area contributed by atoms with Crippen molar-refractivity contribution in [3.05, 3.63) is 41.4 Å². The monoisotopic (exact) mass is 274 g/mol. The van der Waals surface area contributed by atoms with Crippen LogP contribution in [0.4, 0.5) is 0 Å². The lowest BCUT2D eigenvalue weighted by molar-refractivity contribution is -0.118. The molecule has 0 aliphatic rings. The average molecular weight is 274 g/mol. The molecule has 0 bridgehead atoms. The van der Waals surface area contributed by atoms with Gasteiger partial charge in [0.2, 0.25) is 5.91 Å². The fourth-order valence-corrected chi connectivity index (χ4v) is 2.54. The summed E-state index contributed by atoms with van der Waals surface area (Å²) >= 11 is 1.66. The summed E-state index contributed by atoms with van der Waals surface area (Å²) in [6.45, 7) is 2.32. The van der Waals surface area contributed by atoms with Crippen molar-refractivity contribution in [2.24, 2.45) is 0 Å². The molecular formula is C15H18N2OS. The zero-order valence-electron chi connectivity index (χ0n) is 11.1. The molecule has 1 aromatic heterocycles. The summed E-state index contributed by atoms with van der Waals surface area (Å²) in [6, 6.07) is 8.58. The first-order valence-corrected chi connectivity index (χ1v) is 7.37. The van der Waals surface area contributed by atoms with Crippen LogP contribution in [0.25, 0.3) is 10.6 Å². The third-order valence-electron chi connectivity index (χ3n) is 2.90. The molecular weight excluding hydrogens is 256 g/mol. The van der Waals surface area contributed by atoms with E-state index in [0.717, 1.165) is 30.8 Å². The fraction of sp³-hybridized carbons (Fsp3) is 0.333. The van der Waals surface area contributed by atoms with Crippen LogP contribution in [0.15, 0.2) is 35.8 Å². The highest BCUT2D eigenvalue weighted by molar-refractivity contribution is 7.13. The fourth-order valence-electron chi connectivity index (χ4n) is 1.90. The van der Waals surface area contributed by atoms with Crippen molar-refractivity contribution >= 4 is 17.2 Å². The van der Waals surface area contributed by atoms with Crippen molar-refractivity contribution in [3.63, 3.8) is 0 Å². The van der Waals surface area contributed by atoms with E-state index in [1.807, 2.05) is 11.6 Å². The maximum Gasteiger partial charge on any atom is 0.216 e. The van der Waals surface area contributed by atoms with Crippen LogP contribution in [0.2, 0.25) is 0 Å². The molecule has 0 aliphatic heterocycles. The molecule has 4 heteroatoms. The van der Waals surface area contributed by atoms with Gasteiger partial charge in [-0.15, -0.1) is 11.3 Å². The van der Waals surface area contributed by atoms with E-state index in [4.69, 9.17) is 0 Å². The number of unbranched alkanes of at least 4 members (excludes halogenated alkanes) is 1. The zero-order chi connectivity index (χ0) is 13.5. The van der Waals surface area contributed by atoms with Gasteiger partial charge in [-0.1, -0.05) is 24.3 Å². The third kappa shape index (κ3) is 4.48. The van der Waals surface area contributed by atoms with Crippen LogP contribution in [-0.2, 0) is 11.2 Å². The predicted molar refractivity (Wildman–Crippen MR) is 79.2 cm³/mol. The lowest BCUT2D eigenvalue weighted by Gasteiger charge is -2.04. The molecule has 0 aliphatic carbocycles. The number of carbonyl (C=O) groups excluding carboxylic acids is 1. The van der Waals surface area contributed by atoms with Crippen molar-refractivity contribution in [1.29, 1.82) is 0 Å². The van der Waals surface area contributed by atoms with E-state index >= 15 is 0 Å². The highest BCUT2D eigenvalue weighted by Crippen LogP contribution is 2.22. The second kappa shape index (κ2) is 7.04. The van der Waals surface area contributed by atoms with E-state index in [1.165, 1.54) is 11.1 Å². The molecule has 0 saturated heterocycles. The molecule has 2 aromatic rings. The Balaban J connectivity index is 1.78. The Morgan fingerprint density at radius 1 is 1.26 bits per heavy atom. The van der Waals surface area contributed by atoms with E-state index in [0.29, 0.717) is 0 Å². The number of benzene rings is 1. The lowest BCUT2D eigenvalue weighted by Crippen LogP contribution is -2.20. The van der Waals surface area contributed by atoms with E-state index in [-0.39, 0.29) is 5.91 Å². The summed E-state index contributed by atoms with van der Waals surface area (Å²) in [6.07, 6.45) is 5.00. The average Bonchev–Trinajstić information content (AvgIpc) is 2.93. The third-order valence-corrected chi connectivity index (χ3v) is 3.72. The molecule has 1 amide bonds. The summed E-state index contributed by atoms with van der Waals surface area (Å²) in [7, 11) is 0. The minimum atomic E-state index is 0.0489. The van der Waals surface area contributed by atoms with Crippen molar-refractivity contribution in [1.82, 2.24) is 10.3 Å². The first-order valence-electron chi connectivity index (χ1n) is 6.49. The number of hydrogen-bond acceptors (Lipinski definition) is 3. The molecule has 0 atom stereocenters. The minimum absolute atomic E-state index is 0.0489. The van der Waals surface area contributed by atoms with Gasteiger partial charge in [0.15, 0.2) is 0 Å². The van der Waals surface area contributed by atoms with Crippen LogP contribution in [0.3, 0.4) is 0 Å². The molecule has 19 heavy (non-hydrogen) atoms. The summed E-state index contributed by atoms with van der Waals surface area (Å²) in [5, 5.41) is 5.87. The van der Waals surface area contributed by atoms with Gasteiger partial charge in [-0.2, -0.15) is 0 Å². The molecule has 0 unspecified atom stereocenters. The topological polar surface area (TPSA) is 42.0 Å². The number of thiazole rings is 1. The second-order valence-corrected chi connectivity index (χ2v) is 5.37. The van der Waals surface area contributed by atoms with Gasteiger partial charge >= 0.3 is 0 Å². The van der Waals surface area contributed by atoms with Gasteiger partial charge in [0.25, 0.3) is 0 Å². The minimum Gasteiger partial charge on any atom is -0.356 e. The zero-order valence-corrected chi connectivity index (χ0v) is 11.9. The van der Waals surface area contributed by atoms with Gasteiger partial charge in [-0.05, 0) is 24.8 Å². The van der Waals surface area contributed by atoms with E-state index in [1.54, 1.807) is 18.3 Å². The Morgan fingerprint density at radius 2 is 2.05 bits per heavy atom. The van der Waals surface area contributed by atoms with Crippen LogP contribution in [0.1, 0.15) is 25.3 Å². The molecule has 100 valence electrons. The molecule has 2 rings (SSSR count). The molecule has 0 spiro atoms. The SMILES string of the molecule is CC(=O)NCCCCc1ccc(-c2nccs2)cc1. The molecule has 0 radical (unpaired) electrons. The standard InChI is InChI=1S/C15H18N2OS/c1-12(18)16-9-3-2-4-13-5-7-14(8-6-13)15-17-10-11-19-15/h5-8,10-11H,2-4,9H2,1H3,(H,16,18). The van der Waals surface area contributed by atoms with Crippen LogP contribution < -0.4 is 5.32 Å². The van der Waals surface area contributed by atoms with Gasteiger partial charge < -0.3 is 5.32 Å². The summed E-state index contributed by atoms with van der Waals surface area (Å²) in [5.74, 6) is 0.0489. The number of nitrogens with one attached hydrogen (secondary N) is 1. The van der Waals surface area contributed by atoms with Gasteiger partial charge in [0.05, 0.1) is 0 Å². The number of rotatable bonds is 6. The number of carbonyl (C=O) groups is 1. The molecule has 1 N–H and O–H groups in total. The molecule has 1 aromatic carbocycles. The Morgan fingerprint density at radius 3 is 2.68 bits per heavy atom. The lowest BCUT2D eigenvalue weighted by atomic mass is 10.1. The number of aromatic nitrogens is 1. The Hall–Kier alpha value is -1.68. The van der Waals surface area contributed by atoms with Gasteiger partial charge in [0, 0.05) is 30.6 Å². The summed E-state index contributed by atoms with van der Waals surface area (Å²) in [4.78, 5) is 15.0. The number of nitrogens with zero attached hydrogens (tertiary/aromatic N) is 1. The first kappa shape index (κ1) is 13.7. The molecule has 0 saturated carbocycles.